The maximum atomic E-state index is 14.6. The van der Waals surface area contributed by atoms with E-state index in [9.17, 15) is 14.7 Å². The Balaban J connectivity index is 1.34. The summed E-state index contributed by atoms with van der Waals surface area (Å²) >= 11 is 12.6. The van der Waals surface area contributed by atoms with Crippen molar-refractivity contribution in [3.8, 4) is 11.5 Å². The van der Waals surface area contributed by atoms with Crippen LogP contribution in [0.4, 0.5) is 4.79 Å². The molecule has 1 saturated heterocycles. The van der Waals surface area contributed by atoms with Crippen LogP contribution in [-0.2, 0) is 21.7 Å². The van der Waals surface area contributed by atoms with Gasteiger partial charge in [-0.05, 0) is 113 Å². The second-order valence-corrected chi connectivity index (χ2v) is 14.8. The van der Waals surface area contributed by atoms with Gasteiger partial charge in [0.25, 0.3) is 0 Å². The molecule has 1 aliphatic heterocycles. The standard InChI is InChI=1S/C38H46Cl2N2O6/c1-24-20-32(39)34(33(40)21-24)47-19-18-46-30-14-10-28(11-15-30)38(45)16-17-41(36(44)48-37(4,5)6)23-31(38)35(43)42(29-12-13-29)22-27-9-7-8-25(2)26(27)3/h7-11,14-15,20-21,29,31,45H,12-13,16-19,22-23H2,1-6H3/t31-,38+/m1/s1. The Labute approximate surface area is 293 Å². The number of aryl methyl sites for hydroxylation is 2. The third-order valence-electron chi connectivity index (χ3n) is 9.12. The van der Waals surface area contributed by atoms with E-state index in [4.69, 9.17) is 37.4 Å². The molecular weight excluding hydrogens is 651 g/mol. The summed E-state index contributed by atoms with van der Waals surface area (Å²) in [5, 5.41) is 13.3. The number of likely N-dealkylation sites (tertiary alicyclic amines) is 1. The molecular formula is C38H46Cl2N2O6. The van der Waals surface area contributed by atoms with Gasteiger partial charge in [-0.3, -0.25) is 4.79 Å². The first-order valence-electron chi connectivity index (χ1n) is 16.5. The molecule has 0 bridgehead atoms. The summed E-state index contributed by atoms with van der Waals surface area (Å²) in [5.41, 5.74) is 2.73. The van der Waals surface area contributed by atoms with E-state index >= 15 is 0 Å². The molecule has 0 unspecified atom stereocenters. The molecule has 2 aliphatic rings. The molecule has 1 heterocycles. The minimum Gasteiger partial charge on any atom is -0.490 e. The van der Waals surface area contributed by atoms with Gasteiger partial charge in [0.1, 0.15) is 30.2 Å². The fraction of sp³-hybridized carbons (Fsp3) is 0.474. The molecule has 48 heavy (non-hydrogen) atoms. The van der Waals surface area contributed by atoms with E-state index < -0.39 is 23.2 Å². The van der Waals surface area contributed by atoms with Crippen LogP contribution in [-0.4, -0.2) is 64.9 Å². The smallest absolute Gasteiger partial charge is 0.410 e. The van der Waals surface area contributed by atoms with Crippen LogP contribution < -0.4 is 9.47 Å². The quantitative estimate of drug-likeness (QED) is 0.216. The zero-order valence-corrected chi connectivity index (χ0v) is 30.2. The number of amides is 2. The highest BCUT2D eigenvalue weighted by Gasteiger charge is 2.51. The van der Waals surface area contributed by atoms with E-state index in [1.807, 2.05) is 38.7 Å². The molecule has 5 rings (SSSR count). The number of benzene rings is 3. The highest BCUT2D eigenvalue weighted by Crippen LogP contribution is 2.42. The Bertz CT molecular complexity index is 1610. The van der Waals surface area contributed by atoms with Gasteiger partial charge in [-0.2, -0.15) is 0 Å². The number of piperidine rings is 1. The lowest BCUT2D eigenvalue weighted by molar-refractivity contribution is -0.155. The van der Waals surface area contributed by atoms with Crippen molar-refractivity contribution in [2.24, 2.45) is 5.92 Å². The Morgan fingerprint density at radius 3 is 2.25 bits per heavy atom. The van der Waals surface area contributed by atoms with Crippen LogP contribution in [0.15, 0.2) is 54.6 Å². The fourth-order valence-corrected chi connectivity index (χ4v) is 6.88. The predicted octanol–water partition coefficient (Wildman–Crippen LogP) is 8.01. The Morgan fingerprint density at radius 1 is 0.979 bits per heavy atom. The molecule has 2 fully saturated rings. The van der Waals surface area contributed by atoms with E-state index in [0.717, 1.165) is 35.1 Å². The van der Waals surface area contributed by atoms with Crippen molar-refractivity contribution in [3.05, 3.63) is 92.5 Å². The number of carbonyl (C=O) groups excluding carboxylic acids is 2. The number of hydrogen-bond donors (Lipinski definition) is 1. The molecule has 1 aliphatic carbocycles. The molecule has 1 N–H and O–H groups in total. The van der Waals surface area contributed by atoms with Gasteiger partial charge in [0.2, 0.25) is 5.91 Å². The molecule has 2 atom stereocenters. The third kappa shape index (κ3) is 8.39. The second-order valence-electron chi connectivity index (χ2n) is 14.0. The molecule has 0 spiro atoms. The maximum Gasteiger partial charge on any atom is 0.410 e. The summed E-state index contributed by atoms with van der Waals surface area (Å²) in [6.45, 7) is 12.7. The normalized spacial score (nSPS) is 19.5. The fourth-order valence-electron chi connectivity index (χ4n) is 6.17. The molecule has 1 saturated carbocycles. The number of hydrogen-bond acceptors (Lipinski definition) is 6. The zero-order chi connectivity index (χ0) is 34.8. The van der Waals surface area contributed by atoms with Gasteiger partial charge < -0.3 is 29.1 Å². The van der Waals surface area contributed by atoms with E-state index in [2.05, 4.69) is 26.0 Å². The van der Waals surface area contributed by atoms with Crippen molar-refractivity contribution in [1.82, 2.24) is 9.80 Å². The summed E-state index contributed by atoms with van der Waals surface area (Å²) in [6, 6.07) is 16.9. The summed E-state index contributed by atoms with van der Waals surface area (Å²) in [5.74, 6) is -0.0688. The number of nitrogens with zero attached hydrogens (tertiary/aromatic N) is 2. The maximum absolute atomic E-state index is 14.6. The number of rotatable bonds is 10. The predicted molar refractivity (Wildman–Crippen MR) is 188 cm³/mol. The highest BCUT2D eigenvalue weighted by molar-refractivity contribution is 6.37. The SMILES string of the molecule is Cc1cc(Cl)c(OCCOc2ccc([C@@]3(O)CCN(C(=O)OC(C)(C)C)C[C@@H]3C(=O)N(Cc3cccc(C)c3C)C3CC3)cc2)c(Cl)c1. The molecule has 3 aromatic carbocycles. The molecule has 258 valence electrons. The Kier molecular flexibility index (Phi) is 10.9. The first-order chi connectivity index (χ1) is 22.7. The van der Waals surface area contributed by atoms with Crippen LogP contribution in [0.1, 0.15) is 67.9 Å². The van der Waals surface area contributed by atoms with Gasteiger partial charge >= 0.3 is 6.09 Å². The Hall–Kier alpha value is -3.46. The number of ether oxygens (including phenoxy) is 3. The van der Waals surface area contributed by atoms with Crippen molar-refractivity contribution in [2.45, 2.75) is 84.6 Å². The first kappa shape index (κ1) is 35.8. The average molecular weight is 698 g/mol. The van der Waals surface area contributed by atoms with Crippen LogP contribution in [0.2, 0.25) is 10.0 Å². The second kappa shape index (κ2) is 14.6. The zero-order valence-electron chi connectivity index (χ0n) is 28.6. The van der Waals surface area contributed by atoms with Crippen LogP contribution in [0.25, 0.3) is 0 Å². The average Bonchev–Trinajstić information content (AvgIpc) is 3.86. The lowest BCUT2D eigenvalue weighted by Gasteiger charge is -2.45. The molecule has 8 nitrogen and oxygen atoms in total. The van der Waals surface area contributed by atoms with Gasteiger partial charge in [-0.1, -0.05) is 53.5 Å². The molecule has 0 radical (unpaired) electrons. The van der Waals surface area contributed by atoms with Crippen molar-refractivity contribution < 1.29 is 28.9 Å². The minimum absolute atomic E-state index is 0.0417. The van der Waals surface area contributed by atoms with Crippen molar-refractivity contribution in [3.63, 3.8) is 0 Å². The summed E-state index contributed by atoms with van der Waals surface area (Å²) in [6.07, 6.45) is 1.51. The monoisotopic (exact) mass is 696 g/mol. The molecule has 10 heteroatoms. The van der Waals surface area contributed by atoms with Crippen molar-refractivity contribution in [1.29, 1.82) is 0 Å². The molecule has 2 amide bonds. The number of halogens is 2. The van der Waals surface area contributed by atoms with Crippen LogP contribution in [0.5, 0.6) is 11.5 Å². The summed E-state index contributed by atoms with van der Waals surface area (Å²) in [4.78, 5) is 31.2. The van der Waals surface area contributed by atoms with Gasteiger partial charge in [-0.25, -0.2) is 4.79 Å². The Morgan fingerprint density at radius 2 is 1.62 bits per heavy atom. The van der Waals surface area contributed by atoms with Gasteiger partial charge in [0.15, 0.2) is 5.75 Å². The van der Waals surface area contributed by atoms with E-state index in [0.29, 0.717) is 33.7 Å². The molecule has 3 aromatic rings. The highest BCUT2D eigenvalue weighted by atomic mass is 35.5. The van der Waals surface area contributed by atoms with Gasteiger partial charge in [-0.15, -0.1) is 0 Å². The van der Waals surface area contributed by atoms with E-state index in [1.54, 1.807) is 41.3 Å². The van der Waals surface area contributed by atoms with E-state index in [-0.39, 0.29) is 44.7 Å². The first-order valence-corrected chi connectivity index (χ1v) is 17.3. The van der Waals surface area contributed by atoms with Crippen LogP contribution >= 0.6 is 23.2 Å². The van der Waals surface area contributed by atoms with Crippen LogP contribution in [0.3, 0.4) is 0 Å². The number of carbonyl (C=O) groups is 2. The molecule has 0 aromatic heterocycles. The van der Waals surface area contributed by atoms with Crippen molar-refractivity contribution in [2.75, 3.05) is 26.3 Å². The third-order valence-corrected chi connectivity index (χ3v) is 9.68. The number of aliphatic hydroxyl groups is 1. The van der Waals surface area contributed by atoms with E-state index in [1.165, 1.54) is 0 Å². The summed E-state index contributed by atoms with van der Waals surface area (Å²) in [7, 11) is 0. The summed E-state index contributed by atoms with van der Waals surface area (Å²) < 4.78 is 17.3. The van der Waals surface area contributed by atoms with Gasteiger partial charge in [0.05, 0.1) is 16.0 Å². The lowest BCUT2D eigenvalue weighted by atomic mass is 9.75. The topological polar surface area (TPSA) is 88.5 Å². The largest absolute Gasteiger partial charge is 0.490 e. The van der Waals surface area contributed by atoms with Gasteiger partial charge in [0, 0.05) is 25.7 Å². The lowest BCUT2D eigenvalue weighted by Crippen LogP contribution is -2.58. The van der Waals surface area contributed by atoms with Crippen molar-refractivity contribution >= 4 is 35.2 Å². The van der Waals surface area contributed by atoms with Crippen LogP contribution in [0, 0.1) is 26.7 Å². The minimum atomic E-state index is -1.51.